The van der Waals surface area contributed by atoms with Crippen molar-refractivity contribution in [3.63, 3.8) is 0 Å². The molecule has 0 spiro atoms. The van der Waals surface area contributed by atoms with Gasteiger partial charge in [0.05, 0.1) is 0 Å². The molecule has 1 fully saturated rings. The van der Waals surface area contributed by atoms with Crippen molar-refractivity contribution in [3.8, 4) is 0 Å². The molecular formula is C13H17N5. The lowest BCUT2D eigenvalue weighted by Crippen LogP contribution is -2.29. The predicted octanol–water partition coefficient (Wildman–Crippen LogP) is 1.34. The molecule has 5 heteroatoms. The van der Waals surface area contributed by atoms with E-state index < -0.39 is 0 Å². The molecule has 1 aliphatic carbocycles. The second-order valence-corrected chi connectivity index (χ2v) is 4.64. The topological polar surface area (TPSA) is 67.9 Å². The zero-order valence-corrected chi connectivity index (χ0v) is 10.3. The summed E-state index contributed by atoms with van der Waals surface area (Å²) in [5, 5.41) is 0. The second-order valence-electron chi connectivity index (χ2n) is 4.64. The first-order valence-electron chi connectivity index (χ1n) is 6.43. The molecule has 0 bridgehead atoms. The third kappa shape index (κ3) is 2.26. The second kappa shape index (κ2) is 4.86. The van der Waals surface area contributed by atoms with E-state index in [1.54, 1.807) is 12.4 Å². The number of rotatable bonds is 5. The summed E-state index contributed by atoms with van der Waals surface area (Å²) in [6.45, 7) is 1.69. The van der Waals surface area contributed by atoms with Crippen LogP contribution in [0.1, 0.15) is 19.3 Å². The van der Waals surface area contributed by atoms with Gasteiger partial charge in [0, 0.05) is 25.0 Å². The van der Waals surface area contributed by atoms with Gasteiger partial charge in [-0.1, -0.05) is 0 Å². The minimum absolute atomic E-state index is 0.637. The lowest BCUT2D eigenvalue weighted by molar-refractivity contribution is 0.724. The largest absolute Gasteiger partial charge is 0.354 e. The van der Waals surface area contributed by atoms with Gasteiger partial charge in [-0.3, -0.25) is 4.98 Å². The third-order valence-electron chi connectivity index (χ3n) is 3.20. The summed E-state index contributed by atoms with van der Waals surface area (Å²) < 4.78 is 0. The third-order valence-corrected chi connectivity index (χ3v) is 3.20. The highest BCUT2D eigenvalue weighted by Gasteiger charge is 2.29. The smallest absolute Gasteiger partial charge is 0.180 e. The van der Waals surface area contributed by atoms with Crippen molar-refractivity contribution in [1.82, 2.24) is 15.0 Å². The van der Waals surface area contributed by atoms with E-state index in [0.717, 1.165) is 30.8 Å². The van der Waals surface area contributed by atoms with E-state index in [-0.39, 0.29) is 0 Å². The maximum absolute atomic E-state index is 5.60. The van der Waals surface area contributed by atoms with Crippen molar-refractivity contribution < 1.29 is 0 Å². The van der Waals surface area contributed by atoms with E-state index in [2.05, 4.69) is 19.9 Å². The number of fused-ring (bicyclic) bond motifs is 1. The Morgan fingerprint density at radius 2 is 2.06 bits per heavy atom. The molecule has 0 unspecified atom stereocenters. The standard InChI is InChI=1S/C13H17N5/c14-6-1-9-18(10-2-3-10)12-5-4-11-13(17-12)16-8-7-15-11/h4-5,7-8,10H,1-3,6,9,14H2. The van der Waals surface area contributed by atoms with Crippen LogP contribution in [0.3, 0.4) is 0 Å². The summed E-state index contributed by atoms with van der Waals surface area (Å²) in [6.07, 6.45) is 6.88. The SMILES string of the molecule is NCCCN(c1ccc2nccnc2n1)C1CC1. The number of nitrogens with two attached hydrogens (primary N) is 1. The summed E-state index contributed by atoms with van der Waals surface area (Å²) in [7, 11) is 0. The van der Waals surface area contributed by atoms with Gasteiger partial charge >= 0.3 is 0 Å². The first-order chi connectivity index (χ1) is 8.88. The Balaban J connectivity index is 1.90. The molecule has 18 heavy (non-hydrogen) atoms. The number of anilines is 1. The monoisotopic (exact) mass is 243 g/mol. The van der Waals surface area contributed by atoms with Gasteiger partial charge in [0.25, 0.3) is 0 Å². The molecule has 1 saturated carbocycles. The van der Waals surface area contributed by atoms with E-state index in [1.807, 2.05) is 12.1 Å². The van der Waals surface area contributed by atoms with Crippen LogP contribution in [0.25, 0.3) is 11.2 Å². The van der Waals surface area contributed by atoms with Gasteiger partial charge in [0.15, 0.2) is 5.65 Å². The van der Waals surface area contributed by atoms with Crippen LogP contribution in [0.4, 0.5) is 5.82 Å². The van der Waals surface area contributed by atoms with E-state index in [4.69, 9.17) is 5.73 Å². The van der Waals surface area contributed by atoms with Crippen LogP contribution in [-0.4, -0.2) is 34.1 Å². The molecule has 0 aliphatic heterocycles. The maximum Gasteiger partial charge on any atom is 0.180 e. The average molecular weight is 243 g/mol. The summed E-state index contributed by atoms with van der Waals surface area (Å²) in [6, 6.07) is 4.66. The van der Waals surface area contributed by atoms with Crippen LogP contribution in [0.2, 0.25) is 0 Å². The van der Waals surface area contributed by atoms with Gasteiger partial charge in [0.1, 0.15) is 11.3 Å². The zero-order valence-electron chi connectivity index (χ0n) is 10.3. The fraction of sp³-hybridized carbons (Fsp3) is 0.462. The molecule has 2 N–H and O–H groups in total. The highest BCUT2D eigenvalue weighted by molar-refractivity contribution is 5.71. The first kappa shape index (κ1) is 11.3. The molecule has 1 aliphatic rings. The number of hydrogen-bond acceptors (Lipinski definition) is 5. The fourth-order valence-corrected chi connectivity index (χ4v) is 2.14. The lowest BCUT2D eigenvalue weighted by atomic mass is 10.3. The molecule has 0 amide bonds. The van der Waals surface area contributed by atoms with Crippen LogP contribution in [-0.2, 0) is 0 Å². The van der Waals surface area contributed by atoms with Crippen LogP contribution in [0.15, 0.2) is 24.5 Å². The Labute approximate surface area is 106 Å². The molecule has 2 aromatic heterocycles. The highest BCUT2D eigenvalue weighted by Crippen LogP contribution is 2.31. The van der Waals surface area contributed by atoms with E-state index in [0.29, 0.717) is 11.7 Å². The Morgan fingerprint density at radius 3 is 2.83 bits per heavy atom. The molecule has 3 rings (SSSR count). The van der Waals surface area contributed by atoms with Crippen molar-refractivity contribution in [3.05, 3.63) is 24.5 Å². The lowest BCUT2D eigenvalue weighted by Gasteiger charge is -2.23. The van der Waals surface area contributed by atoms with Crippen LogP contribution in [0.5, 0.6) is 0 Å². The van der Waals surface area contributed by atoms with Gasteiger partial charge in [-0.2, -0.15) is 0 Å². The van der Waals surface area contributed by atoms with Crippen molar-refractivity contribution in [2.45, 2.75) is 25.3 Å². The number of nitrogens with zero attached hydrogens (tertiary/aromatic N) is 4. The summed E-state index contributed by atoms with van der Waals surface area (Å²) in [5.74, 6) is 0.999. The molecule has 0 aromatic carbocycles. The van der Waals surface area contributed by atoms with Crippen molar-refractivity contribution >= 4 is 17.0 Å². The zero-order chi connectivity index (χ0) is 12.4. The van der Waals surface area contributed by atoms with Crippen LogP contribution in [0, 0.1) is 0 Å². The molecule has 5 nitrogen and oxygen atoms in total. The van der Waals surface area contributed by atoms with Gasteiger partial charge in [-0.05, 0) is 37.9 Å². The summed E-state index contributed by atoms with van der Waals surface area (Å²) in [4.78, 5) is 15.4. The molecule has 0 radical (unpaired) electrons. The highest BCUT2D eigenvalue weighted by atomic mass is 15.2. The Kier molecular flexibility index (Phi) is 3.06. The van der Waals surface area contributed by atoms with Crippen molar-refractivity contribution in [1.29, 1.82) is 0 Å². The minimum atomic E-state index is 0.637. The van der Waals surface area contributed by atoms with Gasteiger partial charge < -0.3 is 10.6 Å². The predicted molar refractivity (Wildman–Crippen MR) is 71.4 cm³/mol. The Morgan fingerprint density at radius 1 is 1.22 bits per heavy atom. The molecule has 2 aromatic rings. The van der Waals surface area contributed by atoms with E-state index in [9.17, 15) is 0 Å². The fourth-order valence-electron chi connectivity index (χ4n) is 2.14. The number of pyridine rings is 1. The average Bonchev–Trinajstić information content (AvgIpc) is 3.24. The van der Waals surface area contributed by atoms with Gasteiger partial charge in [0.2, 0.25) is 0 Å². The van der Waals surface area contributed by atoms with Crippen molar-refractivity contribution in [2.24, 2.45) is 5.73 Å². The summed E-state index contributed by atoms with van der Waals surface area (Å²) >= 11 is 0. The first-order valence-corrected chi connectivity index (χ1v) is 6.43. The molecule has 94 valence electrons. The van der Waals surface area contributed by atoms with Crippen LogP contribution >= 0.6 is 0 Å². The van der Waals surface area contributed by atoms with E-state index >= 15 is 0 Å². The number of hydrogen-bond donors (Lipinski definition) is 1. The number of aromatic nitrogens is 3. The van der Waals surface area contributed by atoms with Gasteiger partial charge in [-0.25, -0.2) is 9.97 Å². The maximum atomic E-state index is 5.60. The Hall–Kier alpha value is -1.75. The normalized spacial score (nSPS) is 14.9. The minimum Gasteiger partial charge on any atom is -0.354 e. The molecule has 0 saturated heterocycles. The summed E-state index contributed by atoms with van der Waals surface area (Å²) in [5.41, 5.74) is 7.16. The molecule has 2 heterocycles. The van der Waals surface area contributed by atoms with Gasteiger partial charge in [-0.15, -0.1) is 0 Å². The Bertz CT molecular complexity index is 538. The van der Waals surface area contributed by atoms with Crippen molar-refractivity contribution in [2.75, 3.05) is 18.0 Å². The molecule has 0 atom stereocenters. The van der Waals surface area contributed by atoms with E-state index in [1.165, 1.54) is 12.8 Å². The van der Waals surface area contributed by atoms with Crippen LogP contribution < -0.4 is 10.6 Å². The molecular weight excluding hydrogens is 226 g/mol. The quantitative estimate of drug-likeness (QED) is 0.858.